The van der Waals surface area contributed by atoms with Gasteiger partial charge in [-0.25, -0.2) is 4.39 Å². The lowest BCUT2D eigenvalue weighted by molar-refractivity contribution is 0.0983. The van der Waals surface area contributed by atoms with Gasteiger partial charge in [-0.1, -0.05) is 15.9 Å². The van der Waals surface area contributed by atoms with Crippen LogP contribution in [0.1, 0.15) is 23.2 Å². The quantitative estimate of drug-likeness (QED) is 0.779. The molecule has 0 unspecified atom stereocenters. The second-order valence-corrected chi connectivity index (χ2v) is 3.56. The van der Waals surface area contributed by atoms with Gasteiger partial charge in [-0.05, 0) is 18.2 Å². The van der Waals surface area contributed by atoms with E-state index in [2.05, 4.69) is 15.9 Å². The van der Waals surface area contributed by atoms with E-state index in [1.807, 2.05) is 6.07 Å². The van der Waals surface area contributed by atoms with Gasteiger partial charge in [0.2, 0.25) is 0 Å². The van der Waals surface area contributed by atoms with E-state index in [0.29, 0.717) is 10.0 Å². The van der Waals surface area contributed by atoms with Gasteiger partial charge in [-0.3, -0.25) is 4.79 Å². The van der Waals surface area contributed by atoms with Gasteiger partial charge in [0.05, 0.1) is 6.07 Å². The molecule has 2 nitrogen and oxygen atoms in total. The van der Waals surface area contributed by atoms with Crippen LogP contribution in [0.25, 0.3) is 0 Å². The highest BCUT2D eigenvalue weighted by Gasteiger charge is 2.10. The Hall–Kier alpha value is -1.21. The molecule has 0 aromatic heterocycles. The van der Waals surface area contributed by atoms with E-state index in [4.69, 9.17) is 5.26 Å². The zero-order valence-corrected chi connectivity index (χ0v) is 8.84. The van der Waals surface area contributed by atoms with Gasteiger partial charge in [0.15, 0.2) is 5.78 Å². The van der Waals surface area contributed by atoms with E-state index < -0.39 is 5.82 Å². The predicted molar refractivity (Wildman–Crippen MR) is 53.3 cm³/mol. The van der Waals surface area contributed by atoms with Gasteiger partial charge < -0.3 is 0 Å². The number of halogens is 2. The molecular formula is C10H7BrFNO. The van der Waals surface area contributed by atoms with Crippen LogP contribution in [0.2, 0.25) is 0 Å². The molecule has 0 saturated carbocycles. The fourth-order valence-electron chi connectivity index (χ4n) is 1.02. The lowest BCUT2D eigenvalue weighted by Gasteiger charge is -2.01. The van der Waals surface area contributed by atoms with Gasteiger partial charge in [-0.15, -0.1) is 0 Å². The molecule has 0 aliphatic heterocycles. The summed E-state index contributed by atoms with van der Waals surface area (Å²) in [5, 5.41) is 8.30. The van der Waals surface area contributed by atoms with Crippen LogP contribution in [0.4, 0.5) is 4.39 Å². The summed E-state index contributed by atoms with van der Waals surface area (Å²) in [7, 11) is 0. The molecule has 1 aromatic rings. The average molecular weight is 256 g/mol. The van der Waals surface area contributed by atoms with Crippen LogP contribution in [-0.4, -0.2) is 5.78 Å². The fourth-order valence-corrected chi connectivity index (χ4v) is 1.48. The third-order valence-electron chi connectivity index (χ3n) is 1.69. The molecule has 0 heterocycles. The summed E-state index contributed by atoms with van der Waals surface area (Å²) in [5.41, 5.74) is 0.292. The zero-order valence-electron chi connectivity index (χ0n) is 7.26. The van der Waals surface area contributed by atoms with Gasteiger partial charge in [0.1, 0.15) is 5.82 Å². The fraction of sp³-hybridized carbons (Fsp3) is 0.200. The van der Waals surface area contributed by atoms with Crippen LogP contribution in [-0.2, 0) is 0 Å². The largest absolute Gasteiger partial charge is 0.294 e. The molecule has 0 aliphatic carbocycles. The van der Waals surface area contributed by atoms with Crippen molar-refractivity contribution in [1.29, 1.82) is 5.26 Å². The molecule has 1 aromatic carbocycles. The predicted octanol–water partition coefficient (Wildman–Crippen LogP) is 3.07. The van der Waals surface area contributed by atoms with Gasteiger partial charge in [-0.2, -0.15) is 5.26 Å². The van der Waals surface area contributed by atoms with E-state index in [0.717, 1.165) is 0 Å². The molecule has 1 rings (SSSR count). The van der Waals surface area contributed by atoms with Gasteiger partial charge in [0.25, 0.3) is 0 Å². The Morgan fingerprint density at radius 1 is 1.57 bits per heavy atom. The molecule has 4 heteroatoms. The van der Waals surface area contributed by atoms with Crippen molar-refractivity contribution in [2.24, 2.45) is 0 Å². The third kappa shape index (κ3) is 2.64. The number of hydrogen-bond donors (Lipinski definition) is 0. The number of hydrogen-bond acceptors (Lipinski definition) is 2. The van der Waals surface area contributed by atoms with E-state index in [-0.39, 0.29) is 18.6 Å². The summed E-state index contributed by atoms with van der Waals surface area (Å²) in [5.74, 6) is -0.675. The number of Topliss-reactive ketones (excluding diaryl/α,β-unsaturated/α-hetero) is 1. The van der Waals surface area contributed by atoms with Crippen LogP contribution in [0.15, 0.2) is 22.7 Å². The van der Waals surface area contributed by atoms with Gasteiger partial charge >= 0.3 is 0 Å². The summed E-state index contributed by atoms with van der Waals surface area (Å²) in [6.07, 6.45) is 0.278. The van der Waals surface area contributed by atoms with Crippen molar-refractivity contribution in [2.75, 3.05) is 0 Å². The van der Waals surface area contributed by atoms with Crippen LogP contribution >= 0.6 is 15.9 Å². The van der Waals surface area contributed by atoms with Crippen molar-refractivity contribution in [3.63, 3.8) is 0 Å². The summed E-state index contributed by atoms with van der Waals surface area (Å²) in [6.45, 7) is 0. The first-order valence-corrected chi connectivity index (χ1v) is 4.79. The summed E-state index contributed by atoms with van der Waals surface area (Å²) in [4.78, 5) is 11.4. The maximum atomic E-state index is 12.8. The Labute approximate surface area is 89.5 Å². The molecule has 14 heavy (non-hydrogen) atoms. The number of carbonyl (C=O) groups excluding carboxylic acids is 1. The summed E-state index contributed by atoms with van der Waals surface area (Å²) < 4.78 is 13.3. The Bertz CT molecular complexity index is 398. The molecule has 0 N–H and O–H groups in total. The van der Waals surface area contributed by atoms with Crippen molar-refractivity contribution in [3.8, 4) is 6.07 Å². The number of nitrogens with zero attached hydrogens (tertiary/aromatic N) is 1. The first-order valence-electron chi connectivity index (χ1n) is 4.00. The van der Waals surface area contributed by atoms with E-state index >= 15 is 0 Å². The standard InChI is InChI=1S/C10H7BrFNO/c11-9-4-3-7(12)6-8(9)10(14)2-1-5-13/h3-4,6H,1-2H2. The number of ketones is 1. The topological polar surface area (TPSA) is 40.9 Å². The Kier molecular flexibility index (Phi) is 3.78. The third-order valence-corrected chi connectivity index (χ3v) is 2.38. The maximum absolute atomic E-state index is 12.8. The normalized spacial score (nSPS) is 9.50. The number of benzene rings is 1. The lowest BCUT2D eigenvalue weighted by atomic mass is 10.1. The van der Waals surface area contributed by atoms with E-state index in [1.54, 1.807) is 0 Å². The highest BCUT2D eigenvalue weighted by Crippen LogP contribution is 2.19. The van der Waals surface area contributed by atoms with Crippen molar-refractivity contribution in [3.05, 3.63) is 34.1 Å². The zero-order chi connectivity index (χ0) is 10.6. The average Bonchev–Trinajstić information content (AvgIpc) is 2.18. The number of carbonyl (C=O) groups is 1. The molecule has 0 saturated heterocycles. The molecule has 0 fully saturated rings. The molecule has 0 spiro atoms. The first kappa shape index (κ1) is 10.9. The molecular weight excluding hydrogens is 249 g/mol. The molecule has 0 radical (unpaired) electrons. The highest BCUT2D eigenvalue weighted by atomic mass is 79.9. The van der Waals surface area contributed by atoms with Crippen molar-refractivity contribution in [1.82, 2.24) is 0 Å². The van der Waals surface area contributed by atoms with E-state index in [9.17, 15) is 9.18 Å². The second kappa shape index (κ2) is 4.87. The van der Waals surface area contributed by atoms with Gasteiger partial charge in [0, 0.05) is 22.9 Å². The Morgan fingerprint density at radius 3 is 2.93 bits per heavy atom. The molecule has 72 valence electrons. The first-order chi connectivity index (χ1) is 6.65. The minimum atomic E-state index is -0.450. The summed E-state index contributed by atoms with van der Waals surface area (Å²) in [6, 6.07) is 5.79. The molecule has 0 atom stereocenters. The molecule has 0 amide bonds. The van der Waals surface area contributed by atoms with Crippen LogP contribution in [0, 0.1) is 17.1 Å². The monoisotopic (exact) mass is 255 g/mol. The van der Waals surface area contributed by atoms with E-state index in [1.165, 1.54) is 18.2 Å². The Morgan fingerprint density at radius 2 is 2.29 bits per heavy atom. The second-order valence-electron chi connectivity index (χ2n) is 2.71. The van der Waals surface area contributed by atoms with Crippen molar-refractivity contribution < 1.29 is 9.18 Å². The van der Waals surface area contributed by atoms with Crippen LogP contribution in [0.5, 0.6) is 0 Å². The lowest BCUT2D eigenvalue weighted by Crippen LogP contribution is -2.00. The Balaban J connectivity index is 2.90. The van der Waals surface area contributed by atoms with Crippen LogP contribution in [0.3, 0.4) is 0 Å². The van der Waals surface area contributed by atoms with Crippen molar-refractivity contribution in [2.45, 2.75) is 12.8 Å². The summed E-state index contributed by atoms with van der Waals surface area (Å²) >= 11 is 3.15. The molecule has 0 bridgehead atoms. The molecule has 0 aliphatic rings. The highest BCUT2D eigenvalue weighted by molar-refractivity contribution is 9.10. The van der Waals surface area contributed by atoms with Crippen LogP contribution < -0.4 is 0 Å². The van der Waals surface area contributed by atoms with Crippen molar-refractivity contribution >= 4 is 21.7 Å². The minimum absolute atomic E-state index is 0.124. The number of nitriles is 1. The number of rotatable bonds is 3. The smallest absolute Gasteiger partial charge is 0.165 e. The minimum Gasteiger partial charge on any atom is -0.294 e. The maximum Gasteiger partial charge on any atom is 0.165 e. The SMILES string of the molecule is N#CCCC(=O)c1cc(F)ccc1Br.